The first-order valence-corrected chi connectivity index (χ1v) is 11.2. The molecular weight excluding hydrogens is 438 g/mol. The van der Waals surface area contributed by atoms with E-state index in [2.05, 4.69) is 27.3 Å². The average Bonchev–Trinajstić information content (AvgIpc) is 2.79. The monoisotopic (exact) mass is 473 g/mol. The van der Waals surface area contributed by atoms with Crippen LogP contribution >= 0.6 is 0 Å². The summed E-state index contributed by atoms with van der Waals surface area (Å²) in [5, 5.41) is 7.81. The molecule has 186 valence electrons. The molecule has 2 atom stereocenters. The van der Waals surface area contributed by atoms with E-state index in [-0.39, 0.29) is 43.1 Å². The Kier molecular flexibility index (Phi) is 12.3. The number of Topliss-reactive ketones (excluding diaryl/α,β-unsaturated/α-hetero) is 1. The molecule has 0 aliphatic carbocycles. The molecule has 3 amide bonds. The van der Waals surface area contributed by atoms with Gasteiger partial charge < -0.3 is 20.7 Å². The van der Waals surface area contributed by atoms with Crippen LogP contribution in [0.3, 0.4) is 0 Å². The summed E-state index contributed by atoms with van der Waals surface area (Å²) in [5.74, 6) is -2.23. The minimum absolute atomic E-state index is 0.0625. The number of amides is 3. The van der Waals surface area contributed by atoms with Gasteiger partial charge in [0.05, 0.1) is 26.1 Å². The predicted octanol–water partition coefficient (Wildman–Crippen LogP) is 1.46. The summed E-state index contributed by atoms with van der Waals surface area (Å²) >= 11 is 0. The van der Waals surface area contributed by atoms with Crippen molar-refractivity contribution in [3.05, 3.63) is 48.0 Å². The first-order valence-electron chi connectivity index (χ1n) is 11.2. The number of hydrogen-bond donors (Lipinski definition) is 3. The lowest BCUT2D eigenvalue weighted by Crippen LogP contribution is -2.54. The lowest BCUT2D eigenvalue weighted by atomic mass is 9.96. The molecule has 0 saturated heterocycles. The number of benzene rings is 1. The topological polar surface area (TPSA) is 131 Å². The smallest absolute Gasteiger partial charge is 0.305 e. The minimum Gasteiger partial charge on any atom is -0.469 e. The van der Waals surface area contributed by atoms with Gasteiger partial charge in [-0.3, -0.25) is 24.0 Å². The summed E-state index contributed by atoms with van der Waals surface area (Å²) in [6, 6.07) is 7.33. The van der Waals surface area contributed by atoms with Gasteiger partial charge in [0.2, 0.25) is 17.7 Å². The number of rotatable bonds is 14. The zero-order valence-corrected chi connectivity index (χ0v) is 20.3. The molecule has 0 saturated carbocycles. The second-order valence-corrected chi connectivity index (χ2v) is 8.51. The maximum atomic E-state index is 13.1. The summed E-state index contributed by atoms with van der Waals surface area (Å²) in [7, 11) is 1.25. The fourth-order valence-electron chi connectivity index (χ4n) is 3.13. The highest BCUT2D eigenvalue weighted by molar-refractivity contribution is 5.96. The van der Waals surface area contributed by atoms with E-state index >= 15 is 0 Å². The zero-order valence-electron chi connectivity index (χ0n) is 20.3. The summed E-state index contributed by atoms with van der Waals surface area (Å²) in [6.07, 6.45) is 0.434. The third-order valence-corrected chi connectivity index (χ3v) is 4.95. The molecule has 0 aliphatic rings. The van der Waals surface area contributed by atoms with Crippen molar-refractivity contribution in [1.29, 1.82) is 0 Å². The van der Waals surface area contributed by atoms with Gasteiger partial charge in [0.25, 0.3) is 0 Å². The van der Waals surface area contributed by atoms with Gasteiger partial charge in [-0.1, -0.05) is 50.8 Å². The van der Waals surface area contributed by atoms with Crippen molar-refractivity contribution in [3.8, 4) is 0 Å². The summed E-state index contributed by atoms with van der Waals surface area (Å²) in [6.45, 7) is 8.54. The Morgan fingerprint density at radius 1 is 0.971 bits per heavy atom. The molecular formula is C25H35N3O6. The molecule has 1 aromatic carbocycles. The van der Waals surface area contributed by atoms with Gasteiger partial charge in [-0.15, -0.1) is 0 Å². The van der Waals surface area contributed by atoms with Gasteiger partial charge in [-0.25, -0.2) is 0 Å². The molecule has 0 radical (unpaired) electrons. The number of ether oxygens (including phenoxy) is 1. The van der Waals surface area contributed by atoms with Crippen molar-refractivity contribution in [2.45, 2.75) is 58.5 Å². The molecule has 0 bridgehead atoms. The maximum absolute atomic E-state index is 13.1. The Labute approximate surface area is 200 Å². The molecule has 2 unspecified atom stereocenters. The van der Waals surface area contributed by atoms with Gasteiger partial charge in [-0.05, 0) is 24.8 Å². The largest absolute Gasteiger partial charge is 0.469 e. The van der Waals surface area contributed by atoms with E-state index in [1.165, 1.54) is 14.0 Å². The van der Waals surface area contributed by atoms with Gasteiger partial charge in [-0.2, -0.15) is 0 Å². The molecule has 3 N–H and O–H groups in total. The number of methoxy groups -OCH3 is 1. The maximum Gasteiger partial charge on any atom is 0.305 e. The standard InChI is InChI=1S/C25H35N3O6/c1-16(2)13-19(21(29)11-12-23(31)34-5)28-25(33)20(14-18-9-7-6-8-10-18)27-22(30)15-26-24(32)17(3)4/h6-10,16,19-20H,3,11-15H2,1-2,4-5H3,(H,26,32)(H,27,30)(H,28,33). The van der Waals surface area contributed by atoms with Crippen LogP contribution in [0, 0.1) is 5.92 Å². The Morgan fingerprint density at radius 2 is 1.62 bits per heavy atom. The van der Waals surface area contributed by atoms with Crippen LogP contribution in [0.25, 0.3) is 0 Å². The molecule has 1 aromatic rings. The molecule has 0 aromatic heterocycles. The fraction of sp³-hybridized carbons (Fsp3) is 0.480. The lowest BCUT2D eigenvalue weighted by Gasteiger charge is -2.24. The number of carbonyl (C=O) groups excluding carboxylic acids is 5. The highest BCUT2D eigenvalue weighted by Gasteiger charge is 2.28. The van der Waals surface area contributed by atoms with E-state index in [1.54, 1.807) is 0 Å². The minimum atomic E-state index is -0.973. The summed E-state index contributed by atoms with van der Waals surface area (Å²) < 4.78 is 4.58. The van der Waals surface area contributed by atoms with Gasteiger partial charge in [0.15, 0.2) is 5.78 Å². The van der Waals surface area contributed by atoms with E-state index in [9.17, 15) is 24.0 Å². The second kappa shape index (κ2) is 14.6. The van der Waals surface area contributed by atoms with Gasteiger partial charge >= 0.3 is 5.97 Å². The summed E-state index contributed by atoms with van der Waals surface area (Å²) in [5.41, 5.74) is 1.07. The second-order valence-electron chi connectivity index (χ2n) is 8.51. The van der Waals surface area contributed by atoms with E-state index < -0.39 is 35.8 Å². The molecule has 0 fully saturated rings. The van der Waals surface area contributed by atoms with Crippen molar-refractivity contribution in [3.63, 3.8) is 0 Å². The third kappa shape index (κ3) is 10.9. The first kappa shape index (κ1) is 28.5. The van der Waals surface area contributed by atoms with Crippen molar-refractivity contribution < 1.29 is 28.7 Å². The first-order chi connectivity index (χ1) is 16.0. The molecule has 34 heavy (non-hydrogen) atoms. The van der Waals surface area contributed by atoms with Crippen LogP contribution < -0.4 is 16.0 Å². The number of carbonyl (C=O) groups is 5. The van der Waals surface area contributed by atoms with E-state index in [4.69, 9.17) is 0 Å². The Morgan fingerprint density at radius 3 is 2.18 bits per heavy atom. The Balaban J connectivity index is 2.96. The Bertz CT molecular complexity index is 882. The number of ketones is 1. The molecule has 9 nitrogen and oxygen atoms in total. The SMILES string of the molecule is C=C(C)C(=O)NCC(=O)NC(Cc1ccccc1)C(=O)NC(CC(C)C)C(=O)CCC(=O)OC. The normalized spacial score (nSPS) is 12.3. The van der Waals surface area contributed by atoms with Crippen molar-refractivity contribution in [2.75, 3.05) is 13.7 Å². The molecule has 1 rings (SSSR count). The molecule has 0 aliphatic heterocycles. The van der Waals surface area contributed by atoms with Crippen LogP contribution in [0.1, 0.15) is 45.6 Å². The number of esters is 1. The number of nitrogens with one attached hydrogen (secondary N) is 3. The third-order valence-electron chi connectivity index (χ3n) is 4.95. The molecule has 0 heterocycles. The van der Waals surface area contributed by atoms with E-state index in [0.29, 0.717) is 6.42 Å². The Hall–Kier alpha value is -3.49. The van der Waals surface area contributed by atoms with E-state index in [1.807, 2.05) is 44.2 Å². The van der Waals surface area contributed by atoms with Crippen LogP contribution in [0.2, 0.25) is 0 Å². The van der Waals surface area contributed by atoms with Gasteiger partial charge in [0, 0.05) is 18.4 Å². The van der Waals surface area contributed by atoms with Crippen molar-refractivity contribution >= 4 is 29.5 Å². The van der Waals surface area contributed by atoms with E-state index in [0.717, 1.165) is 5.56 Å². The van der Waals surface area contributed by atoms with Crippen LogP contribution in [0.5, 0.6) is 0 Å². The van der Waals surface area contributed by atoms with Gasteiger partial charge in [0.1, 0.15) is 6.04 Å². The molecule has 9 heteroatoms. The van der Waals surface area contributed by atoms with Crippen molar-refractivity contribution in [1.82, 2.24) is 16.0 Å². The van der Waals surface area contributed by atoms with Crippen LogP contribution in [0.4, 0.5) is 0 Å². The molecule has 0 spiro atoms. The highest BCUT2D eigenvalue weighted by atomic mass is 16.5. The zero-order chi connectivity index (χ0) is 25.7. The average molecular weight is 474 g/mol. The van der Waals surface area contributed by atoms with Crippen LogP contribution in [-0.4, -0.2) is 55.2 Å². The number of hydrogen-bond acceptors (Lipinski definition) is 6. The van der Waals surface area contributed by atoms with Crippen molar-refractivity contribution in [2.24, 2.45) is 5.92 Å². The van der Waals surface area contributed by atoms with Crippen LogP contribution in [0.15, 0.2) is 42.5 Å². The lowest BCUT2D eigenvalue weighted by molar-refractivity contribution is -0.142. The summed E-state index contributed by atoms with van der Waals surface area (Å²) in [4.78, 5) is 61.4. The quantitative estimate of drug-likeness (QED) is 0.277. The predicted molar refractivity (Wildman–Crippen MR) is 128 cm³/mol. The highest BCUT2D eigenvalue weighted by Crippen LogP contribution is 2.11. The van der Waals surface area contributed by atoms with Crippen LogP contribution in [-0.2, 0) is 35.1 Å². The fourth-order valence-corrected chi connectivity index (χ4v) is 3.13.